The normalized spacial score (nSPS) is 12.9. The third-order valence-electron chi connectivity index (χ3n) is 6.30. The summed E-state index contributed by atoms with van der Waals surface area (Å²) >= 11 is 0. The van der Waals surface area contributed by atoms with Gasteiger partial charge >= 0.3 is 5.97 Å². The van der Waals surface area contributed by atoms with Crippen LogP contribution in [0.25, 0.3) is 10.9 Å². The van der Waals surface area contributed by atoms with Crippen LogP contribution in [0.3, 0.4) is 0 Å². The fraction of sp³-hybridized carbons (Fsp3) is 0.429. The topological polar surface area (TPSA) is 80.4 Å². The Morgan fingerprint density at radius 3 is 2.50 bits per heavy atom. The van der Waals surface area contributed by atoms with Gasteiger partial charge in [0.05, 0.1) is 19.8 Å². The van der Waals surface area contributed by atoms with Gasteiger partial charge in [-0.1, -0.05) is 39.3 Å². The van der Waals surface area contributed by atoms with Crippen molar-refractivity contribution < 1.29 is 19.1 Å². The first-order chi connectivity index (χ1) is 16.4. The van der Waals surface area contributed by atoms with Gasteiger partial charge in [0.2, 0.25) is 5.91 Å². The number of nitrogens with one attached hydrogen (secondary N) is 2. The summed E-state index contributed by atoms with van der Waals surface area (Å²) < 4.78 is 10.6. The van der Waals surface area contributed by atoms with Gasteiger partial charge in [-0.25, -0.2) is 4.79 Å². The second kappa shape index (κ2) is 11.7. The number of fused-ring (bicyclic) bond motifs is 1. The zero-order valence-electron chi connectivity index (χ0n) is 20.9. The third kappa shape index (κ3) is 5.61. The monoisotopic (exact) mass is 464 g/mol. The van der Waals surface area contributed by atoms with Gasteiger partial charge in [0, 0.05) is 41.0 Å². The second-order valence-corrected chi connectivity index (χ2v) is 8.81. The number of hydrogen-bond donors (Lipinski definition) is 2. The first-order valence-corrected chi connectivity index (χ1v) is 12.1. The molecule has 2 aromatic carbocycles. The molecular formula is C28H36N2O4. The minimum atomic E-state index is -0.384. The molecule has 0 aliphatic carbocycles. The Morgan fingerprint density at radius 2 is 1.82 bits per heavy atom. The molecule has 0 aliphatic heterocycles. The van der Waals surface area contributed by atoms with Crippen LogP contribution in [0.5, 0.6) is 5.75 Å². The molecule has 0 fully saturated rings. The van der Waals surface area contributed by atoms with Crippen LogP contribution in [-0.4, -0.2) is 37.6 Å². The summed E-state index contributed by atoms with van der Waals surface area (Å²) in [5, 5.41) is 4.14. The highest BCUT2D eigenvalue weighted by Crippen LogP contribution is 2.39. The SMILES string of the molecule is CCCNC(=O)C(C)Cc1ccc2[nH]cc(C(CCC)c3ccc(C(=O)OC)cc3OC)c2c1. The Hall–Kier alpha value is -3.28. The highest BCUT2D eigenvalue weighted by Gasteiger charge is 2.23. The molecule has 0 saturated carbocycles. The predicted molar refractivity (Wildman–Crippen MR) is 136 cm³/mol. The molecule has 0 aliphatic rings. The number of benzene rings is 2. The number of aromatic amines is 1. The number of rotatable bonds is 11. The number of ether oxygens (including phenoxy) is 2. The number of esters is 1. The largest absolute Gasteiger partial charge is 0.496 e. The van der Waals surface area contributed by atoms with Crippen molar-refractivity contribution in [2.24, 2.45) is 5.92 Å². The lowest BCUT2D eigenvalue weighted by Gasteiger charge is -2.20. The zero-order valence-corrected chi connectivity index (χ0v) is 20.9. The van der Waals surface area contributed by atoms with E-state index >= 15 is 0 Å². The third-order valence-corrected chi connectivity index (χ3v) is 6.30. The van der Waals surface area contributed by atoms with Crippen molar-refractivity contribution in [1.82, 2.24) is 10.3 Å². The van der Waals surface area contributed by atoms with Gasteiger partial charge in [-0.2, -0.15) is 0 Å². The molecular weight excluding hydrogens is 428 g/mol. The molecule has 182 valence electrons. The molecule has 0 bridgehead atoms. The van der Waals surface area contributed by atoms with Gasteiger partial charge in [0.25, 0.3) is 0 Å². The number of hydrogen-bond acceptors (Lipinski definition) is 4. The van der Waals surface area contributed by atoms with Crippen molar-refractivity contribution in [3.8, 4) is 5.75 Å². The van der Waals surface area contributed by atoms with Crippen molar-refractivity contribution >= 4 is 22.8 Å². The first kappa shape index (κ1) is 25.3. The summed E-state index contributed by atoms with van der Waals surface area (Å²) in [5.74, 6) is 0.388. The fourth-order valence-corrected chi connectivity index (χ4v) is 4.48. The van der Waals surface area contributed by atoms with E-state index in [1.807, 2.05) is 13.0 Å². The second-order valence-electron chi connectivity index (χ2n) is 8.81. The van der Waals surface area contributed by atoms with Crippen molar-refractivity contribution in [2.45, 2.75) is 52.4 Å². The maximum atomic E-state index is 12.4. The van der Waals surface area contributed by atoms with Crippen LogP contribution < -0.4 is 10.1 Å². The predicted octanol–water partition coefficient (Wildman–Crippen LogP) is 5.60. The highest BCUT2D eigenvalue weighted by molar-refractivity contribution is 5.90. The van der Waals surface area contributed by atoms with Gasteiger partial charge in [-0.3, -0.25) is 4.79 Å². The van der Waals surface area contributed by atoms with E-state index in [-0.39, 0.29) is 23.7 Å². The highest BCUT2D eigenvalue weighted by atomic mass is 16.5. The molecule has 3 aromatic rings. The van der Waals surface area contributed by atoms with Crippen molar-refractivity contribution in [2.75, 3.05) is 20.8 Å². The Labute approximate surface area is 202 Å². The van der Waals surface area contributed by atoms with Crippen LogP contribution in [0.4, 0.5) is 0 Å². The summed E-state index contributed by atoms with van der Waals surface area (Å²) in [6, 6.07) is 11.9. The number of carbonyl (C=O) groups excluding carboxylic acids is 2. The summed E-state index contributed by atoms with van der Waals surface area (Å²) in [7, 11) is 3.00. The molecule has 1 heterocycles. The molecule has 0 spiro atoms. The van der Waals surface area contributed by atoms with Gasteiger partial charge < -0.3 is 19.8 Å². The number of carbonyl (C=O) groups is 2. The van der Waals surface area contributed by atoms with E-state index in [0.717, 1.165) is 41.3 Å². The molecule has 1 amide bonds. The lowest BCUT2D eigenvalue weighted by Crippen LogP contribution is -2.30. The van der Waals surface area contributed by atoms with Crippen LogP contribution in [0.2, 0.25) is 0 Å². The van der Waals surface area contributed by atoms with Gasteiger partial charge in [-0.15, -0.1) is 0 Å². The Morgan fingerprint density at radius 1 is 1.03 bits per heavy atom. The Bertz CT molecular complexity index is 1130. The Kier molecular flexibility index (Phi) is 8.74. The van der Waals surface area contributed by atoms with Gasteiger partial charge in [-0.05, 0) is 54.7 Å². The molecule has 1 aromatic heterocycles. The maximum Gasteiger partial charge on any atom is 0.337 e. The number of aromatic nitrogens is 1. The summed E-state index contributed by atoms with van der Waals surface area (Å²) in [5.41, 5.74) is 4.89. The first-order valence-electron chi connectivity index (χ1n) is 12.1. The Balaban J connectivity index is 1.97. The standard InChI is InChI=1S/C28H36N2O4/c1-6-8-21(22-11-10-20(28(32)34-5)16-26(22)33-4)24-17-30-25-12-9-19(15-23(24)25)14-18(3)27(31)29-13-7-2/h9-12,15-18,21,30H,6-8,13-14H2,1-5H3,(H,29,31). The van der Waals surface area contributed by atoms with Gasteiger partial charge in [0.15, 0.2) is 0 Å². The van der Waals surface area contributed by atoms with Crippen molar-refractivity contribution in [3.05, 3.63) is 64.8 Å². The van der Waals surface area contributed by atoms with Crippen LogP contribution in [0.1, 0.15) is 73.0 Å². The molecule has 34 heavy (non-hydrogen) atoms. The van der Waals surface area contributed by atoms with Crippen LogP contribution in [0, 0.1) is 5.92 Å². The van der Waals surface area contributed by atoms with Crippen LogP contribution >= 0.6 is 0 Å². The zero-order chi connectivity index (χ0) is 24.7. The molecule has 2 unspecified atom stereocenters. The summed E-state index contributed by atoms with van der Waals surface area (Å²) in [6.07, 6.45) is 5.61. The average molecular weight is 465 g/mol. The van der Waals surface area contributed by atoms with Crippen LogP contribution in [-0.2, 0) is 16.0 Å². The molecule has 6 heteroatoms. The van der Waals surface area contributed by atoms with Crippen LogP contribution in [0.15, 0.2) is 42.6 Å². The minimum Gasteiger partial charge on any atom is -0.496 e. The lowest BCUT2D eigenvalue weighted by molar-refractivity contribution is -0.124. The van der Waals surface area contributed by atoms with E-state index in [4.69, 9.17) is 9.47 Å². The minimum absolute atomic E-state index is 0.0931. The smallest absolute Gasteiger partial charge is 0.337 e. The molecule has 0 radical (unpaired) electrons. The quantitative estimate of drug-likeness (QED) is 0.362. The van der Waals surface area contributed by atoms with E-state index in [9.17, 15) is 9.59 Å². The molecule has 3 rings (SSSR count). The maximum absolute atomic E-state index is 12.4. The summed E-state index contributed by atoms with van der Waals surface area (Å²) in [4.78, 5) is 27.8. The van der Waals surface area contributed by atoms with E-state index in [1.165, 1.54) is 12.7 Å². The molecule has 2 N–H and O–H groups in total. The van der Waals surface area contributed by atoms with E-state index in [2.05, 4.69) is 48.5 Å². The van der Waals surface area contributed by atoms with Gasteiger partial charge in [0.1, 0.15) is 5.75 Å². The molecule has 6 nitrogen and oxygen atoms in total. The van der Waals surface area contributed by atoms with Crippen molar-refractivity contribution in [3.63, 3.8) is 0 Å². The van der Waals surface area contributed by atoms with Crippen molar-refractivity contribution in [1.29, 1.82) is 0 Å². The number of amides is 1. The molecule has 2 atom stereocenters. The molecule has 0 saturated heterocycles. The van der Waals surface area contributed by atoms with E-state index in [0.29, 0.717) is 24.3 Å². The number of methoxy groups -OCH3 is 2. The average Bonchev–Trinajstić information content (AvgIpc) is 3.27. The van der Waals surface area contributed by atoms with E-state index in [1.54, 1.807) is 19.2 Å². The summed E-state index contributed by atoms with van der Waals surface area (Å²) in [6.45, 7) is 6.90. The number of H-pyrrole nitrogens is 1. The lowest BCUT2D eigenvalue weighted by atomic mass is 9.85. The van der Waals surface area contributed by atoms with E-state index < -0.39 is 0 Å². The fourth-order valence-electron chi connectivity index (χ4n) is 4.48.